The molecule has 1 heterocycles. The van der Waals surface area contributed by atoms with Crippen molar-refractivity contribution in [1.29, 1.82) is 0 Å². The molecule has 0 unspecified atom stereocenters. The van der Waals surface area contributed by atoms with E-state index in [9.17, 15) is 35.5 Å². The van der Waals surface area contributed by atoms with E-state index in [1.54, 1.807) is 0 Å². The molecule has 0 aliphatic carbocycles. The van der Waals surface area contributed by atoms with Crippen LogP contribution in [0.15, 0.2) is 47.5 Å². The zero-order chi connectivity index (χ0) is 26.8. The van der Waals surface area contributed by atoms with Crippen molar-refractivity contribution in [3.63, 3.8) is 0 Å². The molecule has 6 nitrogen and oxygen atoms in total. The zero-order valence-electron chi connectivity index (χ0n) is 18.5. The topological polar surface area (TPSA) is 71.3 Å². The summed E-state index contributed by atoms with van der Waals surface area (Å²) in [6.45, 7) is 2.62. The molecule has 14 heteroatoms. The summed E-state index contributed by atoms with van der Waals surface area (Å²) in [5, 5.41) is 8.23. The number of aliphatic imine (C=N–C) groups is 1. The Labute approximate surface area is 204 Å². The van der Waals surface area contributed by atoms with E-state index in [2.05, 4.69) is 20.7 Å². The zero-order valence-corrected chi connectivity index (χ0v) is 19.3. The summed E-state index contributed by atoms with van der Waals surface area (Å²) >= 11 is 5.61. The van der Waals surface area contributed by atoms with Gasteiger partial charge in [0.05, 0.1) is 10.6 Å². The molecule has 0 radical (unpaired) electrons. The summed E-state index contributed by atoms with van der Waals surface area (Å²) in [5.74, 6) is -2.71. The first-order valence-electron chi connectivity index (χ1n) is 10.1. The summed E-state index contributed by atoms with van der Waals surface area (Å²) in [4.78, 5) is 16.4. The normalized spacial score (nSPS) is 12.6. The molecule has 2 aromatic carbocycles. The van der Waals surface area contributed by atoms with Crippen LogP contribution in [-0.2, 0) is 18.9 Å². The van der Waals surface area contributed by atoms with Crippen molar-refractivity contribution in [3.05, 3.63) is 75.7 Å². The Bertz CT molecular complexity index is 1320. The molecule has 0 aliphatic rings. The van der Waals surface area contributed by atoms with Crippen molar-refractivity contribution in [3.8, 4) is 0 Å². The van der Waals surface area contributed by atoms with Gasteiger partial charge in [0, 0.05) is 23.4 Å². The fraction of sp³-hybridized carbons (Fsp3) is 0.227. The standard InChI is InChI=1S/C22H17ClF7N5O/c1-3-35-18(11(2)17(34-35)22(28,29)30)32-20(31-14-6-4-5-13(10-14)21(25,26)27)33-19(36)12-7-8-15(23)16(24)9-12/h4-10H,3H2,1-2H3,(H2,31,32,33,36). The van der Waals surface area contributed by atoms with Gasteiger partial charge in [-0.15, -0.1) is 0 Å². The number of hydrogen-bond acceptors (Lipinski definition) is 2. The van der Waals surface area contributed by atoms with E-state index >= 15 is 0 Å². The van der Waals surface area contributed by atoms with E-state index in [0.29, 0.717) is 0 Å². The van der Waals surface area contributed by atoms with E-state index in [1.807, 2.05) is 0 Å². The molecule has 1 amide bonds. The molecule has 0 saturated heterocycles. The lowest BCUT2D eigenvalue weighted by atomic mass is 10.2. The fourth-order valence-electron chi connectivity index (χ4n) is 3.11. The predicted molar refractivity (Wildman–Crippen MR) is 120 cm³/mol. The lowest BCUT2D eigenvalue weighted by molar-refractivity contribution is -0.142. The number of anilines is 2. The van der Waals surface area contributed by atoms with Gasteiger partial charge in [-0.25, -0.2) is 9.07 Å². The number of nitrogens with zero attached hydrogens (tertiary/aromatic N) is 3. The number of carbonyl (C=O) groups excluding carboxylic acids is 1. The van der Waals surface area contributed by atoms with Crippen LogP contribution in [0, 0.1) is 12.7 Å². The number of carbonyl (C=O) groups is 1. The maximum atomic E-state index is 13.8. The summed E-state index contributed by atoms with van der Waals surface area (Å²) < 4.78 is 94.2. The molecule has 0 atom stereocenters. The van der Waals surface area contributed by atoms with Crippen LogP contribution in [0.25, 0.3) is 0 Å². The Kier molecular flexibility index (Phi) is 7.62. The molecule has 36 heavy (non-hydrogen) atoms. The van der Waals surface area contributed by atoms with Crippen molar-refractivity contribution in [2.75, 3.05) is 10.6 Å². The highest BCUT2D eigenvalue weighted by atomic mass is 35.5. The molecule has 1 aromatic heterocycles. The molecule has 3 aromatic rings. The van der Waals surface area contributed by atoms with Crippen LogP contribution >= 0.6 is 11.6 Å². The molecule has 2 N–H and O–H groups in total. The van der Waals surface area contributed by atoms with Gasteiger partial charge in [-0.2, -0.15) is 36.4 Å². The molecule has 0 bridgehead atoms. The van der Waals surface area contributed by atoms with Crippen LogP contribution in [0.3, 0.4) is 0 Å². The molecule has 0 aliphatic heterocycles. The van der Waals surface area contributed by atoms with Gasteiger partial charge < -0.3 is 10.6 Å². The van der Waals surface area contributed by atoms with E-state index in [-0.39, 0.29) is 34.2 Å². The van der Waals surface area contributed by atoms with Crippen LogP contribution in [0.5, 0.6) is 0 Å². The second-order valence-corrected chi connectivity index (χ2v) is 7.77. The van der Waals surface area contributed by atoms with Crippen molar-refractivity contribution < 1.29 is 35.5 Å². The van der Waals surface area contributed by atoms with Gasteiger partial charge >= 0.3 is 12.4 Å². The van der Waals surface area contributed by atoms with Crippen molar-refractivity contribution in [2.24, 2.45) is 4.99 Å². The van der Waals surface area contributed by atoms with Crippen LogP contribution in [-0.4, -0.2) is 21.6 Å². The number of hydrogen-bond donors (Lipinski definition) is 2. The van der Waals surface area contributed by atoms with Gasteiger partial charge in [0.1, 0.15) is 11.6 Å². The van der Waals surface area contributed by atoms with Crippen LogP contribution < -0.4 is 10.6 Å². The highest BCUT2D eigenvalue weighted by molar-refractivity contribution is 6.30. The summed E-state index contributed by atoms with van der Waals surface area (Å²) in [6, 6.07) is 6.88. The minimum Gasteiger partial charge on any atom is -0.326 e. The first-order valence-corrected chi connectivity index (χ1v) is 10.5. The highest BCUT2D eigenvalue weighted by Crippen LogP contribution is 2.34. The third-order valence-electron chi connectivity index (χ3n) is 4.83. The number of aromatic nitrogens is 2. The molecule has 0 fully saturated rings. The largest absolute Gasteiger partial charge is 0.435 e. The minimum absolute atomic E-state index is 0.0214. The van der Waals surface area contributed by atoms with Gasteiger partial charge in [0.25, 0.3) is 5.91 Å². The van der Waals surface area contributed by atoms with Crippen LogP contribution in [0.1, 0.15) is 34.1 Å². The third-order valence-corrected chi connectivity index (χ3v) is 5.13. The fourth-order valence-corrected chi connectivity index (χ4v) is 3.23. The van der Waals surface area contributed by atoms with Gasteiger partial charge in [-0.05, 0) is 50.2 Å². The monoisotopic (exact) mass is 535 g/mol. The Morgan fingerprint density at radius 1 is 1.06 bits per heavy atom. The molecular formula is C22H17ClF7N5O. The molecule has 0 spiro atoms. The second-order valence-electron chi connectivity index (χ2n) is 7.36. The Hall–Kier alpha value is -3.61. The average Bonchev–Trinajstić information content (AvgIpc) is 3.10. The van der Waals surface area contributed by atoms with E-state index in [4.69, 9.17) is 11.6 Å². The van der Waals surface area contributed by atoms with Gasteiger partial charge in [0.15, 0.2) is 5.69 Å². The number of aryl methyl sites for hydroxylation is 1. The number of benzene rings is 2. The van der Waals surface area contributed by atoms with Gasteiger partial charge in [-0.3, -0.25) is 4.79 Å². The second kappa shape index (κ2) is 10.2. The number of nitrogens with one attached hydrogen (secondary N) is 2. The molecule has 0 saturated carbocycles. The van der Waals surface area contributed by atoms with Crippen molar-refractivity contribution in [1.82, 2.24) is 9.78 Å². The minimum atomic E-state index is -4.79. The number of amides is 1. The number of alkyl halides is 6. The average molecular weight is 536 g/mol. The van der Waals surface area contributed by atoms with Crippen molar-refractivity contribution >= 4 is 35.0 Å². The number of guanidine groups is 1. The van der Waals surface area contributed by atoms with Gasteiger partial charge in [0.2, 0.25) is 5.96 Å². The Morgan fingerprint density at radius 3 is 2.33 bits per heavy atom. The van der Waals surface area contributed by atoms with Crippen molar-refractivity contribution in [2.45, 2.75) is 32.7 Å². The Balaban J connectivity index is 2.07. The summed E-state index contributed by atoms with van der Waals surface area (Å²) in [5.41, 5.74) is -3.00. The quantitative estimate of drug-likeness (QED) is 0.220. The van der Waals surface area contributed by atoms with Gasteiger partial charge in [-0.1, -0.05) is 17.7 Å². The van der Waals surface area contributed by atoms with Crippen LogP contribution in [0.4, 0.5) is 42.2 Å². The predicted octanol–water partition coefficient (Wildman–Crippen LogP) is 6.76. The maximum absolute atomic E-state index is 13.8. The number of rotatable bonds is 4. The van der Waals surface area contributed by atoms with E-state index < -0.39 is 41.3 Å². The molecule has 192 valence electrons. The van der Waals surface area contributed by atoms with E-state index in [0.717, 1.165) is 48.0 Å². The van der Waals surface area contributed by atoms with E-state index in [1.165, 1.54) is 13.0 Å². The summed E-state index contributed by atoms with van der Waals surface area (Å²) in [6.07, 6.45) is -9.47. The van der Waals surface area contributed by atoms with Crippen LogP contribution in [0.2, 0.25) is 5.02 Å². The lowest BCUT2D eigenvalue weighted by Gasteiger charge is -2.15. The number of halogens is 8. The molecular weight excluding hydrogens is 519 g/mol. The Morgan fingerprint density at radius 2 is 1.75 bits per heavy atom. The SMILES string of the molecule is CCn1nc(C(F)(F)F)c(C)c1N/C(=N\C(=O)c1ccc(Cl)c(F)c1)Nc1cccc(C(F)(F)F)c1. The first kappa shape index (κ1) is 27.0. The lowest BCUT2D eigenvalue weighted by Crippen LogP contribution is -2.26. The first-order chi connectivity index (χ1) is 16.7. The third kappa shape index (κ3) is 6.14. The highest BCUT2D eigenvalue weighted by Gasteiger charge is 2.38. The molecule has 3 rings (SSSR count). The summed E-state index contributed by atoms with van der Waals surface area (Å²) in [7, 11) is 0. The smallest absolute Gasteiger partial charge is 0.326 e. The maximum Gasteiger partial charge on any atom is 0.435 e.